The molecule has 0 radical (unpaired) electrons. The van der Waals surface area contributed by atoms with Gasteiger partial charge in [-0.05, 0) is 36.7 Å². The van der Waals surface area contributed by atoms with Crippen LogP contribution < -0.4 is 5.73 Å². The summed E-state index contributed by atoms with van der Waals surface area (Å²) in [6.45, 7) is 6.99. The molecule has 1 aromatic carbocycles. The molecular formula is C12H18FNS. The highest BCUT2D eigenvalue weighted by Crippen LogP contribution is 2.34. The van der Waals surface area contributed by atoms with Crippen LogP contribution in [0.4, 0.5) is 4.39 Å². The molecule has 15 heavy (non-hydrogen) atoms. The molecule has 0 saturated carbocycles. The topological polar surface area (TPSA) is 26.0 Å². The molecule has 0 saturated heterocycles. The van der Waals surface area contributed by atoms with Gasteiger partial charge < -0.3 is 5.73 Å². The minimum Gasteiger partial charge on any atom is -0.330 e. The maximum absolute atomic E-state index is 13.1. The standard InChI is InChI=1S/C12H18FNS/c1-12(2,3)15-11-5-4-10(13)8-9(11)6-7-14/h4-5,8H,6-7,14H2,1-3H3. The minimum absolute atomic E-state index is 0.140. The van der Waals surface area contributed by atoms with Crippen molar-refractivity contribution in [3.05, 3.63) is 29.6 Å². The van der Waals surface area contributed by atoms with Crippen molar-refractivity contribution in [1.82, 2.24) is 0 Å². The van der Waals surface area contributed by atoms with E-state index in [1.54, 1.807) is 17.8 Å². The van der Waals surface area contributed by atoms with Crippen molar-refractivity contribution in [2.24, 2.45) is 5.73 Å². The van der Waals surface area contributed by atoms with E-state index >= 15 is 0 Å². The second-order valence-electron chi connectivity index (χ2n) is 4.51. The van der Waals surface area contributed by atoms with Gasteiger partial charge in [0.25, 0.3) is 0 Å². The number of halogens is 1. The Bertz CT molecular complexity index is 331. The fourth-order valence-corrected chi connectivity index (χ4v) is 2.42. The van der Waals surface area contributed by atoms with Gasteiger partial charge in [0.1, 0.15) is 5.82 Å². The van der Waals surface area contributed by atoms with Crippen molar-refractivity contribution in [2.45, 2.75) is 36.8 Å². The van der Waals surface area contributed by atoms with E-state index in [4.69, 9.17) is 5.73 Å². The first-order valence-corrected chi connectivity index (χ1v) is 5.91. The van der Waals surface area contributed by atoms with Crippen LogP contribution in [0.2, 0.25) is 0 Å². The summed E-state index contributed by atoms with van der Waals surface area (Å²) in [7, 11) is 0. The average Bonchev–Trinajstić information content (AvgIpc) is 2.08. The number of thioether (sulfide) groups is 1. The number of benzene rings is 1. The molecule has 0 heterocycles. The zero-order chi connectivity index (χ0) is 11.5. The van der Waals surface area contributed by atoms with E-state index in [-0.39, 0.29) is 10.6 Å². The smallest absolute Gasteiger partial charge is 0.123 e. The molecule has 0 bridgehead atoms. The van der Waals surface area contributed by atoms with E-state index < -0.39 is 0 Å². The Morgan fingerprint density at radius 2 is 2.00 bits per heavy atom. The molecule has 0 aliphatic heterocycles. The average molecular weight is 227 g/mol. The molecular weight excluding hydrogens is 209 g/mol. The molecule has 2 N–H and O–H groups in total. The lowest BCUT2D eigenvalue weighted by molar-refractivity contribution is 0.623. The molecule has 1 aromatic rings. The molecule has 0 unspecified atom stereocenters. The number of hydrogen-bond acceptors (Lipinski definition) is 2. The second-order valence-corrected chi connectivity index (χ2v) is 6.37. The fraction of sp³-hybridized carbons (Fsp3) is 0.500. The lowest BCUT2D eigenvalue weighted by Gasteiger charge is -2.19. The van der Waals surface area contributed by atoms with Crippen LogP contribution in [0.15, 0.2) is 23.1 Å². The van der Waals surface area contributed by atoms with Crippen LogP contribution in [-0.4, -0.2) is 11.3 Å². The van der Waals surface area contributed by atoms with E-state index in [1.807, 2.05) is 6.07 Å². The van der Waals surface area contributed by atoms with Crippen LogP contribution in [0.25, 0.3) is 0 Å². The van der Waals surface area contributed by atoms with Gasteiger partial charge in [0.15, 0.2) is 0 Å². The lowest BCUT2D eigenvalue weighted by Crippen LogP contribution is -2.09. The summed E-state index contributed by atoms with van der Waals surface area (Å²) in [5.74, 6) is -0.184. The van der Waals surface area contributed by atoms with Crippen molar-refractivity contribution in [2.75, 3.05) is 6.54 Å². The molecule has 0 fully saturated rings. The molecule has 0 aliphatic rings. The Morgan fingerprint density at radius 3 is 2.53 bits per heavy atom. The monoisotopic (exact) mass is 227 g/mol. The highest BCUT2D eigenvalue weighted by molar-refractivity contribution is 8.00. The molecule has 0 aromatic heterocycles. The van der Waals surface area contributed by atoms with Gasteiger partial charge in [0.05, 0.1) is 0 Å². The Morgan fingerprint density at radius 1 is 1.33 bits per heavy atom. The van der Waals surface area contributed by atoms with Crippen LogP contribution in [-0.2, 0) is 6.42 Å². The highest BCUT2D eigenvalue weighted by Gasteiger charge is 2.14. The molecule has 0 spiro atoms. The van der Waals surface area contributed by atoms with Crippen LogP contribution in [0, 0.1) is 5.82 Å². The van der Waals surface area contributed by atoms with Crippen molar-refractivity contribution >= 4 is 11.8 Å². The lowest BCUT2D eigenvalue weighted by atomic mass is 10.1. The van der Waals surface area contributed by atoms with Gasteiger partial charge in [-0.15, -0.1) is 11.8 Å². The third kappa shape index (κ3) is 4.22. The van der Waals surface area contributed by atoms with E-state index in [1.165, 1.54) is 6.07 Å². The maximum Gasteiger partial charge on any atom is 0.123 e. The summed E-state index contributed by atoms with van der Waals surface area (Å²) >= 11 is 1.75. The van der Waals surface area contributed by atoms with E-state index in [0.717, 1.165) is 16.9 Å². The summed E-state index contributed by atoms with van der Waals surface area (Å²) in [6, 6.07) is 4.94. The predicted octanol–water partition coefficient (Wildman–Crippen LogP) is 3.22. The van der Waals surface area contributed by atoms with Gasteiger partial charge in [0, 0.05) is 9.64 Å². The van der Waals surface area contributed by atoms with Gasteiger partial charge in [-0.3, -0.25) is 0 Å². The summed E-state index contributed by atoms with van der Waals surface area (Å²) < 4.78 is 13.2. The highest BCUT2D eigenvalue weighted by atomic mass is 32.2. The third-order valence-electron chi connectivity index (χ3n) is 1.85. The van der Waals surface area contributed by atoms with Gasteiger partial charge in [-0.25, -0.2) is 4.39 Å². The summed E-state index contributed by atoms with van der Waals surface area (Å²) in [5.41, 5.74) is 6.52. The largest absolute Gasteiger partial charge is 0.330 e. The van der Waals surface area contributed by atoms with Crippen LogP contribution in [0.5, 0.6) is 0 Å². The Kier molecular flexibility index (Phi) is 4.17. The fourth-order valence-electron chi connectivity index (χ4n) is 1.33. The van der Waals surface area contributed by atoms with Gasteiger partial charge in [0.2, 0.25) is 0 Å². The molecule has 0 amide bonds. The first-order valence-electron chi connectivity index (χ1n) is 5.10. The molecule has 1 nitrogen and oxygen atoms in total. The summed E-state index contributed by atoms with van der Waals surface area (Å²) in [6.07, 6.45) is 0.732. The Hall–Kier alpha value is -0.540. The molecule has 0 atom stereocenters. The van der Waals surface area contributed by atoms with Crippen molar-refractivity contribution in [3.63, 3.8) is 0 Å². The summed E-state index contributed by atoms with van der Waals surface area (Å²) in [5, 5.41) is 0. The van der Waals surface area contributed by atoms with Gasteiger partial charge >= 0.3 is 0 Å². The molecule has 3 heteroatoms. The van der Waals surface area contributed by atoms with E-state index in [0.29, 0.717) is 6.54 Å². The first-order chi connectivity index (χ1) is 6.92. The van der Waals surface area contributed by atoms with Gasteiger partial charge in [-0.2, -0.15) is 0 Å². The van der Waals surface area contributed by atoms with Crippen molar-refractivity contribution in [1.29, 1.82) is 0 Å². The maximum atomic E-state index is 13.1. The third-order valence-corrected chi connectivity index (χ3v) is 3.08. The van der Waals surface area contributed by atoms with Crippen LogP contribution in [0.1, 0.15) is 26.3 Å². The van der Waals surface area contributed by atoms with Crippen LogP contribution >= 0.6 is 11.8 Å². The number of rotatable bonds is 3. The van der Waals surface area contributed by atoms with E-state index in [2.05, 4.69) is 20.8 Å². The number of nitrogens with two attached hydrogens (primary N) is 1. The van der Waals surface area contributed by atoms with Gasteiger partial charge in [-0.1, -0.05) is 20.8 Å². The zero-order valence-corrected chi connectivity index (χ0v) is 10.3. The molecule has 84 valence electrons. The molecule has 1 rings (SSSR count). The van der Waals surface area contributed by atoms with Crippen molar-refractivity contribution in [3.8, 4) is 0 Å². The predicted molar refractivity (Wildman–Crippen MR) is 64.8 cm³/mol. The Labute approximate surface area is 95.2 Å². The SMILES string of the molecule is CC(C)(C)Sc1ccc(F)cc1CCN. The quantitative estimate of drug-likeness (QED) is 0.802. The normalized spacial score (nSPS) is 11.8. The molecule has 0 aliphatic carbocycles. The first kappa shape index (κ1) is 12.5. The Balaban J connectivity index is 2.95. The number of hydrogen-bond donors (Lipinski definition) is 1. The van der Waals surface area contributed by atoms with E-state index in [9.17, 15) is 4.39 Å². The minimum atomic E-state index is -0.184. The van der Waals surface area contributed by atoms with Crippen molar-refractivity contribution < 1.29 is 4.39 Å². The summed E-state index contributed by atoms with van der Waals surface area (Å²) in [4.78, 5) is 1.13. The van der Waals surface area contributed by atoms with Crippen LogP contribution in [0.3, 0.4) is 0 Å². The zero-order valence-electron chi connectivity index (χ0n) is 9.51. The second kappa shape index (κ2) is 4.99.